The van der Waals surface area contributed by atoms with Crippen LogP contribution in [0.4, 0.5) is 0 Å². The van der Waals surface area contributed by atoms with Gasteiger partial charge in [-0.15, -0.1) is 0 Å². The zero-order chi connectivity index (χ0) is 13.1. The lowest BCUT2D eigenvalue weighted by Gasteiger charge is -2.14. The first kappa shape index (κ1) is 13.6. The lowest BCUT2D eigenvalue weighted by atomic mass is 9.97. The van der Waals surface area contributed by atoms with E-state index in [4.69, 9.17) is 9.81 Å². The van der Waals surface area contributed by atoms with Gasteiger partial charge in [0, 0.05) is 0 Å². The van der Waals surface area contributed by atoms with Gasteiger partial charge in [-0.2, -0.15) is 13.7 Å². The van der Waals surface area contributed by atoms with Gasteiger partial charge in [-0.1, -0.05) is 25.1 Å². The Morgan fingerprint density at radius 1 is 1.41 bits per heavy atom. The van der Waals surface area contributed by atoms with E-state index in [9.17, 15) is 13.2 Å². The van der Waals surface area contributed by atoms with Crippen molar-refractivity contribution in [2.75, 3.05) is 0 Å². The van der Waals surface area contributed by atoms with Gasteiger partial charge in [-0.3, -0.25) is 4.55 Å². The van der Waals surface area contributed by atoms with Crippen molar-refractivity contribution in [2.24, 2.45) is 0 Å². The zero-order valence-electron chi connectivity index (χ0n) is 9.03. The number of carbonyl (C=O) groups excluding carboxylic acids is 1. The van der Waals surface area contributed by atoms with E-state index in [1.165, 1.54) is 24.3 Å². The van der Waals surface area contributed by atoms with Crippen molar-refractivity contribution in [1.29, 1.82) is 0 Å². The molecule has 1 aromatic rings. The van der Waals surface area contributed by atoms with Gasteiger partial charge in [0.05, 0.1) is 10.8 Å². The molecule has 2 N–H and O–H groups in total. The molecule has 0 spiro atoms. The molecule has 6 nitrogen and oxygen atoms in total. The smallest absolute Gasteiger partial charge is 0.300 e. The van der Waals surface area contributed by atoms with E-state index >= 15 is 0 Å². The van der Waals surface area contributed by atoms with Crippen molar-refractivity contribution in [3.8, 4) is 0 Å². The summed E-state index contributed by atoms with van der Waals surface area (Å²) in [6.45, 7) is 1.63. The minimum atomic E-state index is -4.42. The van der Waals surface area contributed by atoms with E-state index in [1.54, 1.807) is 6.92 Å². The Kier molecular flexibility index (Phi) is 4.22. The fourth-order valence-electron chi connectivity index (χ4n) is 1.58. The van der Waals surface area contributed by atoms with Crippen LogP contribution in [0.25, 0.3) is 0 Å². The Balaban J connectivity index is 3.35. The van der Waals surface area contributed by atoms with Crippen LogP contribution in [-0.2, 0) is 19.8 Å². The highest BCUT2D eigenvalue weighted by Crippen LogP contribution is 2.27. The van der Waals surface area contributed by atoms with E-state index in [1.807, 2.05) is 0 Å². The van der Waals surface area contributed by atoms with Crippen LogP contribution in [0.1, 0.15) is 24.8 Å². The molecule has 0 saturated heterocycles. The molecule has 17 heavy (non-hydrogen) atoms. The maximum absolute atomic E-state index is 11.3. The first-order valence-corrected chi connectivity index (χ1v) is 6.27. The lowest BCUT2D eigenvalue weighted by Crippen LogP contribution is -2.16. The third-order valence-electron chi connectivity index (χ3n) is 2.36. The highest BCUT2D eigenvalue weighted by molar-refractivity contribution is 7.85. The van der Waals surface area contributed by atoms with Gasteiger partial charge in [0.15, 0.2) is 0 Å². The summed E-state index contributed by atoms with van der Waals surface area (Å²) >= 11 is 0. The molecular weight excluding hydrogens is 248 g/mol. The molecule has 0 aliphatic carbocycles. The number of hydrogen-bond donors (Lipinski definition) is 2. The molecule has 0 heterocycles. The summed E-state index contributed by atoms with van der Waals surface area (Å²) in [5.74, 6) is -1.92. The van der Waals surface area contributed by atoms with Gasteiger partial charge in [0.25, 0.3) is 10.1 Å². The first-order valence-electron chi connectivity index (χ1n) is 4.83. The average molecular weight is 260 g/mol. The molecule has 1 rings (SSSR count). The van der Waals surface area contributed by atoms with Crippen LogP contribution in [0.3, 0.4) is 0 Å². The minimum Gasteiger partial charge on any atom is -0.300 e. The quantitative estimate of drug-likeness (QED) is 0.482. The van der Waals surface area contributed by atoms with Crippen LogP contribution in [-0.4, -0.2) is 24.2 Å². The molecule has 0 radical (unpaired) electrons. The normalized spacial score (nSPS) is 13.1. The van der Waals surface area contributed by atoms with Gasteiger partial charge in [-0.05, 0) is 18.1 Å². The zero-order valence-corrected chi connectivity index (χ0v) is 9.85. The molecule has 1 aromatic carbocycles. The number of hydrogen-bond acceptors (Lipinski definition) is 5. The van der Waals surface area contributed by atoms with Gasteiger partial charge < -0.3 is 4.89 Å². The molecular formula is C10H12O6S. The molecule has 0 saturated carbocycles. The summed E-state index contributed by atoms with van der Waals surface area (Å²) < 4.78 is 31.3. The summed E-state index contributed by atoms with van der Waals surface area (Å²) in [7, 11) is -4.42. The molecule has 7 heteroatoms. The van der Waals surface area contributed by atoms with Gasteiger partial charge in [-0.25, -0.2) is 4.79 Å². The summed E-state index contributed by atoms with van der Waals surface area (Å²) in [6, 6.07) is 5.51. The highest BCUT2D eigenvalue weighted by atomic mass is 32.2. The minimum absolute atomic E-state index is 0.0940. The second kappa shape index (κ2) is 5.26. The predicted octanol–water partition coefficient (Wildman–Crippen LogP) is 1.44. The number of carbonyl (C=O) groups is 1. The van der Waals surface area contributed by atoms with Crippen LogP contribution in [0.5, 0.6) is 0 Å². The predicted molar refractivity (Wildman–Crippen MR) is 58.0 cm³/mol. The second-order valence-electron chi connectivity index (χ2n) is 3.38. The molecule has 0 aromatic heterocycles. The standard InChI is InChI=1S/C10H12O6S/c1-2-7(10(11)16-12)8-5-3-4-6-9(8)17(13,14)15/h3-7,12H,2H2,1H3,(H,13,14,15). The van der Waals surface area contributed by atoms with E-state index in [2.05, 4.69) is 4.89 Å². The molecule has 1 unspecified atom stereocenters. The van der Waals surface area contributed by atoms with Crippen LogP contribution in [0.15, 0.2) is 29.2 Å². The number of benzene rings is 1. The van der Waals surface area contributed by atoms with E-state index in [0.717, 1.165) is 0 Å². The van der Waals surface area contributed by atoms with Gasteiger partial charge in [0.1, 0.15) is 0 Å². The molecule has 0 aliphatic rings. The summed E-state index contributed by atoms with van der Waals surface area (Å²) in [5, 5.41) is 8.33. The Hall–Kier alpha value is -1.44. The second-order valence-corrected chi connectivity index (χ2v) is 4.77. The van der Waals surface area contributed by atoms with E-state index in [-0.39, 0.29) is 16.9 Å². The molecule has 0 amide bonds. The van der Waals surface area contributed by atoms with Crippen molar-refractivity contribution >= 4 is 16.1 Å². The summed E-state index contributed by atoms with van der Waals surface area (Å²) in [6.07, 6.45) is 0.228. The maximum Gasteiger partial charge on any atom is 0.349 e. The average Bonchev–Trinajstić information content (AvgIpc) is 2.29. The number of rotatable bonds is 4. The van der Waals surface area contributed by atoms with Crippen molar-refractivity contribution in [3.05, 3.63) is 29.8 Å². The van der Waals surface area contributed by atoms with Crippen LogP contribution in [0.2, 0.25) is 0 Å². The fraction of sp³-hybridized carbons (Fsp3) is 0.300. The molecule has 0 bridgehead atoms. The van der Waals surface area contributed by atoms with Gasteiger partial charge >= 0.3 is 5.97 Å². The van der Waals surface area contributed by atoms with Gasteiger partial charge in [0.2, 0.25) is 0 Å². The van der Waals surface area contributed by atoms with Crippen molar-refractivity contribution in [2.45, 2.75) is 24.2 Å². The van der Waals surface area contributed by atoms with Crippen LogP contribution >= 0.6 is 0 Å². The third kappa shape index (κ3) is 3.02. The Labute approximate surface area is 98.5 Å². The topological polar surface area (TPSA) is 101 Å². The first-order chi connectivity index (χ1) is 7.91. The van der Waals surface area contributed by atoms with E-state index < -0.39 is 22.0 Å². The fourth-order valence-corrected chi connectivity index (χ4v) is 2.34. The van der Waals surface area contributed by atoms with Crippen molar-refractivity contribution in [3.63, 3.8) is 0 Å². The summed E-state index contributed by atoms with van der Waals surface area (Å²) in [5.41, 5.74) is 0.0940. The Morgan fingerprint density at radius 2 is 2.00 bits per heavy atom. The third-order valence-corrected chi connectivity index (χ3v) is 3.28. The van der Waals surface area contributed by atoms with E-state index in [0.29, 0.717) is 0 Å². The molecule has 94 valence electrons. The largest absolute Gasteiger partial charge is 0.349 e. The Bertz CT molecular complexity index is 507. The molecule has 0 fully saturated rings. The SMILES string of the molecule is CCC(C(=O)OO)c1ccccc1S(=O)(=O)O. The Morgan fingerprint density at radius 3 is 2.47 bits per heavy atom. The highest BCUT2D eigenvalue weighted by Gasteiger charge is 2.27. The van der Waals surface area contributed by atoms with Crippen molar-refractivity contribution < 1.29 is 27.9 Å². The molecule has 1 atom stereocenters. The van der Waals surface area contributed by atoms with Crippen molar-refractivity contribution in [1.82, 2.24) is 0 Å². The molecule has 0 aliphatic heterocycles. The maximum atomic E-state index is 11.3. The summed E-state index contributed by atoms with van der Waals surface area (Å²) in [4.78, 5) is 14.5. The monoisotopic (exact) mass is 260 g/mol. The van der Waals surface area contributed by atoms with Crippen LogP contribution < -0.4 is 0 Å². The van der Waals surface area contributed by atoms with Crippen LogP contribution in [0, 0.1) is 0 Å². The lowest BCUT2D eigenvalue weighted by molar-refractivity contribution is -0.236.